The van der Waals surface area contributed by atoms with Crippen molar-refractivity contribution in [2.75, 3.05) is 9.80 Å². The van der Waals surface area contributed by atoms with E-state index in [9.17, 15) is 0 Å². The van der Waals surface area contributed by atoms with E-state index < -0.39 is 0 Å². The molecule has 1 aliphatic rings. The quantitative estimate of drug-likeness (QED) is 0.106. The number of hydrogen-bond acceptors (Lipinski definition) is 2. The van der Waals surface area contributed by atoms with Crippen LogP contribution >= 0.6 is 0 Å². The van der Waals surface area contributed by atoms with Crippen LogP contribution in [0, 0.1) is 0 Å². The summed E-state index contributed by atoms with van der Waals surface area (Å²) in [5.74, 6) is 0. The molecule has 300 valence electrons. The maximum absolute atomic E-state index is 2.48. The molecule has 2 heteroatoms. The van der Waals surface area contributed by atoms with Gasteiger partial charge in [0.25, 0.3) is 0 Å². The molecule has 1 aliphatic carbocycles. The first-order chi connectivity index (χ1) is 31.7. The largest absolute Gasteiger partial charge is 0.311 e. The van der Waals surface area contributed by atoms with Crippen molar-refractivity contribution in [3.63, 3.8) is 0 Å². The molecule has 0 radical (unpaired) electrons. The van der Waals surface area contributed by atoms with Crippen LogP contribution in [0.15, 0.2) is 243 Å². The number of rotatable bonds is 9. The second-order valence-corrected chi connectivity index (χ2v) is 16.5. The fourth-order valence-corrected chi connectivity index (χ4v) is 9.73. The monoisotopic (exact) mass is 814 g/mol. The molecular formula is C62H42N2. The molecule has 0 bridgehead atoms. The zero-order valence-electron chi connectivity index (χ0n) is 35.1. The maximum atomic E-state index is 2.48. The maximum Gasteiger partial charge on any atom is 0.0546 e. The van der Waals surface area contributed by atoms with Gasteiger partial charge in [0.05, 0.1) is 11.4 Å². The minimum absolute atomic E-state index is 1.11. The van der Waals surface area contributed by atoms with Crippen LogP contribution in [0.4, 0.5) is 34.1 Å². The van der Waals surface area contributed by atoms with Gasteiger partial charge in [0.1, 0.15) is 0 Å². The number of anilines is 6. The Morgan fingerprint density at radius 2 is 0.719 bits per heavy atom. The van der Waals surface area contributed by atoms with Gasteiger partial charge in [-0.3, -0.25) is 0 Å². The summed E-state index contributed by atoms with van der Waals surface area (Å²) in [6, 6.07) is 88.0. The molecule has 0 amide bonds. The highest BCUT2D eigenvalue weighted by Gasteiger charge is 2.26. The van der Waals surface area contributed by atoms with Crippen molar-refractivity contribution in [3.8, 4) is 33.4 Å². The molecule has 0 fully saturated rings. The van der Waals surface area contributed by atoms with Gasteiger partial charge < -0.3 is 9.80 Å². The molecule has 0 aromatic heterocycles. The Bertz CT molecular complexity index is 3450. The summed E-state index contributed by atoms with van der Waals surface area (Å²) in [5, 5.41) is 7.51. The van der Waals surface area contributed by atoms with E-state index in [-0.39, 0.29) is 0 Å². The van der Waals surface area contributed by atoms with Crippen LogP contribution < -0.4 is 9.80 Å². The van der Waals surface area contributed by atoms with Gasteiger partial charge in [-0.25, -0.2) is 0 Å². The van der Waals surface area contributed by atoms with E-state index in [1.54, 1.807) is 0 Å². The molecule has 2 nitrogen and oxygen atoms in total. The highest BCUT2D eigenvalue weighted by atomic mass is 15.1. The molecule has 0 N–H and O–H groups in total. The van der Waals surface area contributed by atoms with Crippen LogP contribution in [0.2, 0.25) is 0 Å². The zero-order valence-corrected chi connectivity index (χ0v) is 35.1. The highest BCUT2D eigenvalue weighted by Crippen LogP contribution is 2.52. The molecule has 12 rings (SSSR count). The van der Waals surface area contributed by atoms with Crippen molar-refractivity contribution >= 4 is 78.6 Å². The molecular weight excluding hydrogens is 773 g/mol. The minimum Gasteiger partial charge on any atom is -0.311 e. The number of para-hydroxylation sites is 2. The summed E-state index contributed by atoms with van der Waals surface area (Å²) in [7, 11) is 0. The first-order valence-electron chi connectivity index (χ1n) is 22.0. The first kappa shape index (κ1) is 37.3. The van der Waals surface area contributed by atoms with Gasteiger partial charge in [-0.1, -0.05) is 194 Å². The van der Waals surface area contributed by atoms with Crippen LogP contribution in [0.1, 0.15) is 11.1 Å². The van der Waals surface area contributed by atoms with Gasteiger partial charge in [0.2, 0.25) is 0 Å². The summed E-state index contributed by atoms with van der Waals surface area (Å²) in [4.78, 5) is 4.76. The standard InChI is InChI=1S/C62H42N2/c1-3-15-48(16-4-1)63(49-17-5-2-6-18-49)50-36-30-44(31-37-50)27-26-43-28-32-45(33-29-43)46-34-38-51(39-35-46)64(61-42-47-14-7-8-19-52(47)53-20-11-12-23-56(53)61)60-41-40-58-55-22-10-9-21-54(55)57-24-13-25-59(60)62(57)58/h1-42H/b27-26+. The van der Waals surface area contributed by atoms with Gasteiger partial charge in [-0.2, -0.15) is 0 Å². The Hall–Kier alpha value is -8.46. The average Bonchev–Trinajstić information content (AvgIpc) is 3.70. The van der Waals surface area contributed by atoms with E-state index in [0.717, 1.165) is 45.3 Å². The van der Waals surface area contributed by atoms with Crippen molar-refractivity contribution < 1.29 is 0 Å². The lowest BCUT2D eigenvalue weighted by molar-refractivity contribution is 1.28. The van der Waals surface area contributed by atoms with E-state index >= 15 is 0 Å². The summed E-state index contributed by atoms with van der Waals surface area (Å²) in [5.41, 5.74) is 16.7. The summed E-state index contributed by atoms with van der Waals surface area (Å²) in [6.45, 7) is 0. The molecule has 0 aliphatic heterocycles. The zero-order chi connectivity index (χ0) is 42.4. The van der Waals surface area contributed by atoms with Crippen molar-refractivity contribution in [1.29, 1.82) is 0 Å². The van der Waals surface area contributed by atoms with E-state index in [1.807, 2.05) is 0 Å². The minimum atomic E-state index is 1.11. The predicted octanol–water partition coefficient (Wildman–Crippen LogP) is 17.6. The van der Waals surface area contributed by atoms with Gasteiger partial charge in [0, 0.05) is 33.5 Å². The van der Waals surface area contributed by atoms with Gasteiger partial charge >= 0.3 is 0 Å². The highest BCUT2D eigenvalue weighted by molar-refractivity contribution is 6.21. The Balaban J connectivity index is 0.872. The molecule has 0 atom stereocenters. The van der Waals surface area contributed by atoms with Crippen LogP contribution in [0.3, 0.4) is 0 Å². The van der Waals surface area contributed by atoms with E-state index in [4.69, 9.17) is 0 Å². The smallest absolute Gasteiger partial charge is 0.0546 e. The average molecular weight is 815 g/mol. The SMILES string of the molecule is C(=C\c1ccc(N(c2ccccc2)c2ccccc2)cc1)/c1ccc(-c2ccc(N(c3ccc4c5c(cccc35)-c3ccccc3-4)c3cc4ccccc4c4ccccc34)cc2)cc1. The third-order valence-corrected chi connectivity index (χ3v) is 12.8. The first-order valence-corrected chi connectivity index (χ1v) is 22.0. The topological polar surface area (TPSA) is 6.48 Å². The van der Waals surface area contributed by atoms with E-state index in [0.29, 0.717) is 0 Å². The number of fused-ring (bicyclic) bond motifs is 6. The Kier molecular flexibility index (Phi) is 9.20. The van der Waals surface area contributed by atoms with Crippen molar-refractivity contribution in [2.24, 2.45) is 0 Å². The Labute approximate surface area is 373 Å². The van der Waals surface area contributed by atoms with Crippen LogP contribution in [0.25, 0.3) is 77.9 Å². The third-order valence-electron chi connectivity index (χ3n) is 12.8. The molecule has 0 spiro atoms. The second kappa shape index (κ2) is 15.8. The number of nitrogens with zero attached hydrogens (tertiary/aromatic N) is 2. The summed E-state index contributed by atoms with van der Waals surface area (Å²) in [6.07, 6.45) is 4.38. The fraction of sp³-hybridized carbons (Fsp3) is 0. The van der Waals surface area contributed by atoms with Gasteiger partial charge in [-0.05, 0) is 127 Å². The Morgan fingerprint density at radius 3 is 1.38 bits per heavy atom. The molecule has 0 unspecified atom stereocenters. The third kappa shape index (κ3) is 6.52. The van der Waals surface area contributed by atoms with Crippen molar-refractivity contribution in [2.45, 2.75) is 0 Å². The number of benzene rings is 11. The summed E-state index contributed by atoms with van der Waals surface area (Å²) >= 11 is 0. The predicted molar refractivity (Wildman–Crippen MR) is 274 cm³/mol. The van der Waals surface area contributed by atoms with Crippen LogP contribution in [-0.4, -0.2) is 0 Å². The lowest BCUT2D eigenvalue weighted by atomic mass is 9.97. The van der Waals surface area contributed by atoms with Crippen LogP contribution in [0.5, 0.6) is 0 Å². The molecule has 0 heterocycles. The lowest BCUT2D eigenvalue weighted by Gasteiger charge is -2.29. The molecule has 0 saturated carbocycles. The molecule has 64 heavy (non-hydrogen) atoms. The Morgan fingerprint density at radius 1 is 0.266 bits per heavy atom. The number of hydrogen-bond donors (Lipinski definition) is 0. The normalized spacial score (nSPS) is 11.7. The molecule has 11 aromatic rings. The van der Waals surface area contributed by atoms with Crippen molar-refractivity contribution in [1.82, 2.24) is 0 Å². The van der Waals surface area contributed by atoms with Gasteiger partial charge in [-0.15, -0.1) is 0 Å². The lowest BCUT2D eigenvalue weighted by Crippen LogP contribution is -2.11. The summed E-state index contributed by atoms with van der Waals surface area (Å²) < 4.78 is 0. The van der Waals surface area contributed by atoms with Crippen molar-refractivity contribution in [3.05, 3.63) is 254 Å². The van der Waals surface area contributed by atoms with E-state index in [2.05, 4.69) is 265 Å². The van der Waals surface area contributed by atoms with Crippen LogP contribution in [-0.2, 0) is 0 Å². The molecule has 11 aromatic carbocycles. The second-order valence-electron chi connectivity index (χ2n) is 16.5. The van der Waals surface area contributed by atoms with E-state index in [1.165, 1.54) is 65.7 Å². The van der Waals surface area contributed by atoms with Gasteiger partial charge in [0.15, 0.2) is 0 Å². The molecule has 0 saturated heterocycles. The fourth-order valence-electron chi connectivity index (χ4n) is 9.73.